The first kappa shape index (κ1) is 11.3. The second kappa shape index (κ2) is 5.23. The highest BCUT2D eigenvalue weighted by atomic mass is 35.5. The first-order valence-electron chi connectivity index (χ1n) is 4.28. The Kier molecular flexibility index (Phi) is 3.95. The lowest BCUT2D eigenvalue weighted by molar-refractivity contribution is 0.0959. The fourth-order valence-electron chi connectivity index (χ4n) is 1.10. The predicted octanol–water partition coefficient (Wildman–Crippen LogP) is 1.26. The zero-order valence-corrected chi connectivity index (χ0v) is 8.71. The Bertz CT molecular complexity index is 412. The van der Waals surface area contributed by atoms with E-state index in [2.05, 4.69) is 5.32 Å². The molecule has 5 heteroatoms. The maximum atomic E-state index is 11.5. The monoisotopic (exact) mass is 223 g/mol. The van der Waals surface area contributed by atoms with E-state index in [-0.39, 0.29) is 12.5 Å². The number of carbonyl (C=O) groups is 1. The molecule has 0 spiro atoms. The van der Waals surface area contributed by atoms with Crippen molar-refractivity contribution in [3.05, 3.63) is 29.3 Å². The number of alkyl halides is 1. The summed E-state index contributed by atoms with van der Waals surface area (Å²) in [6, 6.07) is 6.82. The van der Waals surface area contributed by atoms with Gasteiger partial charge in [-0.2, -0.15) is 5.26 Å². The van der Waals surface area contributed by atoms with Crippen molar-refractivity contribution in [2.75, 3.05) is 12.3 Å². The number of benzene rings is 1. The molecule has 1 aromatic carbocycles. The number of nitrogens with zero attached hydrogens (tertiary/aromatic N) is 1. The highest BCUT2D eigenvalue weighted by molar-refractivity contribution is 6.17. The van der Waals surface area contributed by atoms with Crippen molar-refractivity contribution < 1.29 is 4.79 Å². The predicted molar refractivity (Wildman–Crippen MR) is 58.4 cm³/mol. The molecule has 1 rings (SSSR count). The maximum Gasteiger partial charge on any atom is 0.254 e. The molecule has 0 heterocycles. The largest absolute Gasteiger partial charge is 0.398 e. The quantitative estimate of drug-likeness (QED) is 0.460. The minimum Gasteiger partial charge on any atom is -0.398 e. The van der Waals surface area contributed by atoms with Gasteiger partial charge in [-0.3, -0.25) is 4.79 Å². The van der Waals surface area contributed by atoms with Gasteiger partial charge in [0.05, 0.1) is 11.6 Å². The number of amides is 1. The molecule has 1 aromatic rings. The van der Waals surface area contributed by atoms with Crippen LogP contribution in [0.3, 0.4) is 0 Å². The average Bonchev–Trinajstić information content (AvgIpc) is 2.26. The summed E-state index contributed by atoms with van der Waals surface area (Å²) >= 11 is 5.64. The molecule has 0 unspecified atom stereocenters. The molecule has 4 nitrogen and oxygen atoms in total. The van der Waals surface area contributed by atoms with Crippen LogP contribution in [0.1, 0.15) is 15.9 Å². The third-order valence-corrected chi connectivity index (χ3v) is 2.15. The van der Waals surface area contributed by atoms with Crippen LogP contribution >= 0.6 is 11.6 Å². The van der Waals surface area contributed by atoms with Gasteiger partial charge in [-0.1, -0.05) is 6.07 Å². The summed E-state index contributed by atoms with van der Waals surface area (Å²) in [5, 5.41) is 10.7. The van der Waals surface area contributed by atoms with Crippen LogP contribution in [-0.4, -0.2) is 12.5 Å². The molecule has 1 amide bonds. The van der Waals surface area contributed by atoms with Gasteiger partial charge in [-0.25, -0.2) is 0 Å². The number of nitrogens with two attached hydrogens (primary N) is 1. The molecule has 78 valence electrons. The number of hydrogen-bond acceptors (Lipinski definition) is 3. The summed E-state index contributed by atoms with van der Waals surface area (Å²) < 4.78 is 0. The summed E-state index contributed by atoms with van der Waals surface area (Å²) in [5.41, 5.74) is 7.17. The second-order valence-corrected chi connectivity index (χ2v) is 3.16. The molecule has 15 heavy (non-hydrogen) atoms. The normalized spacial score (nSPS) is 9.33. The molecule has 0 saturated heterocycles. The highest BCUT2D eigenvalue weighted by Gasteiger charge is 2.09. The molecular weight excluding hydrogens is 214 g/mol. The molecule has 0 aliphatic carbocycles. The van der Waals surface area contributed by atoms with Crippen molar-refractivity contribution in [1.29, 1.82) is 5.26 Å². The number of hydrogen-bond donors (Lipinski definition) is 2. The van der Waals surface area contributed by atoms with Gasteiger partial charge in [0, 0.05) is 11.6 Å². The van der Waals surface area contributed by atoms with Crippen molar-refractivity contribution in [2.45, 2.75) is 5.88 Å². The van der Waals surface area contributed by atoms with Gasteiger partial charge in [0.15, 0.2) is 0 Å². The van der Waals surface area contributed by atoms with E-state index in [1.54, 1.807) is 18.2 Å². The summed E-state index contributed by atoms with van der Waals surface area (Å²) in [4.78, 5) is 11.5. The SMILES string of the molecule is N#CCNC(=O)c1cc(CCl)ccc1N. The van der Waals surface area contributed by atoms with Crippen LogP contribution < -0.4 is 11.1 Å². The van der Waals surface area contributed by atoms with E-state index in [0.29, 0.717) is 17.1 Å². The first-order valence-corrected chi connectivity index (χ1v) is 4.82. The summed E-state index contributed by atoms with van der Waals surface area (Å²) in [6.45, 7) is -0.0383. The zero-order valence-electron chi connectivity index (χ0n) is 7.96. The van der Waals surface area contributed by atoms with Crippen LogP contribution in [0, 0.1) is 11.3 Å². The molecule has 0 bridgehead atoms. The van der Waals surface area contributed by atoms with Crippen molar-refractivity contribution in [2.24, 2.45) is 0 Å². The molecule has 0 saturated carbocycles. The van der Waals surface area contributed by atoms with Gasteiger partial charge in [0.1, 0.15) is 6.54 Å². The maximum absolute atomic E-state index is 11.5. The molecule has 0 radical (unpaired) electrons. The van der Waals surface area contributed by atoms with Crippen LogP contribution in [-0.2, 0) is 5.88 Å². The topological polar surface area (TPSA) is 78.9 Å². The molecule has 0 aromatic heterocycles. The van der Waals surface area contributed by atoms with Crippen LogP contribution in [0.5, 0.6) is 0 Å². The Morgan fingerprint density at radius 3 is 2.93 bits per heavy atom. The molecular formula is C10H10ClN3O. The van der Waals surface area contributed by atoms with E-state index in [1.807, 2.05) is 6.07 Å². The Morgan fingerprint density at radius 2 is 2.33 bits per heavy atom. The van der Waals surface area contributed by atoms with Gasteiger partial charge in [-0.05, 0) is 17.7 Å². The lowest BCUT2D eigenvalue weighted by Crippen LogP contribution is -2.24. The van der Waals surface area contributed by atoms with Crippen molar-refractivity contribution in [3.8, 4) is 6.07 Å². The van der Waals surface area contributed by atoms with Gasteiger partial charge in [-0.15, -0.1) is 11.6 Å². The number of rotatable bonds is 3. The first-order chi connectivity index (χ1) is 7.19. The Morgan fingerprint density at radius 1 is 1.60 bits per heavy atom. The lowest BCUT2D eigenvalue weighted by atomic mass is 10.1. The summed E-state index contributed by atoms with van der Waals surface area (Å²) in [6.07, 6.45) is 0. The van der Waals surface area contributed by atoms with Crippen molar-refractivity contribution in [1.82, 2.24) is 5.32 Å². The molecule has 0 aliphatic heterocycles. The standard InChI is InChI=1S/C10H10ClN3O/c11-6-7-1-2-9(13)8(5-7)10(15)14-4-3-12/h1-2,5H,4,6,13H2,(H,14,15). The van der Waals surface area contributed by atoms with E-state index in [1.165, 1.54) is 0 Å². The van der Waals surface area contributed by atoms with E-state index in [4.69, 9.17) is 22.6 Å². The fraction of sp³-hybridized carbons (Fsp3) is 0.200. The number of nitrogens with one attached hydrogen (secondary N) is 1. The number of carbonyl (C=O) groups excluding carboxylic acids is 1. The zero-order chi connectivity index (χ0) is 11.3. The number of halogens is 1. The van der Waals surface area contributed by atoms with Gasteiger partial charge in [0.2, 0.25) is 0 Å². The Labute approximate surface area is 92.6 Å². The van der Waals surface area contributed by atoms with Crippen LogP contribution in [0.4, 0.5) is 5.69 Å². The van der Waals surface area contributed by atoms with E-state index in [9.17, 15) is 4.79 Å². The Hall–Kier alpha value is -1.73. The average molecular weight is 224 g/mol. The lowest BCUT2D eigenvalue weighted by Gasteiger charge is -2.06. The van der Waals surface area contributed by atoms with Crippen molar-refractivity contribution in [3.63, 3.8) is 0 Å². The van der Waals surface area contributed by atoms with Gasteiger partial charge in [0.25, 0.3) is 5.91 Å². The van der Waals surface area contributed by atoms with E-state index in [0.717, 1.165) is 5.56 Å². The molecule has 3 N–H and O–H groups in total. The van der Waals surface area contributed by atoms with E-state index >= 15 is 0 Å². The highest BCUT2D eigenvalue weighted by Crippen LogP contribution is 2.15. The summed E-state index contributed by atoms with van der Waals surface area (Å²) in [7, 11) is 0. The van der Waals surface area contributed by atoms with Crippen LogP contribution in [0.2, 0.25) is 0 Å². The van der Waals surface area contributed by atoms with Crippen LogP contribution in [0.15, 0.2) is 18.2 Å². The molecule has 0 atom stereocenters. The van der Waals surface area contributed by atoms with Gasteiger partial charge < -0.3 is 11.1 Å². The fourth-order valence-corrected chi connectivity index (χ4v) is 1.26. The van der Waals surface area contributed by atoms with E-state index < -0.39 is 0 Å². The van der Waals surface area contributed by atoms with Crippen molar-refractivity contribution >= 4 is 23.2 Å². The second-order valence-electron chi connectivity index (χ2n) is 2.90. The third kappa shape index (κ3) is 2.86. The molecule has 0 fully saturated rings. The van der Waals surface area contributed by atoms with Gasteiger partial charge >= 0.3 is 0 Å². The minimum atomic E-state index is -0.360. The number of nitriles is 1. The molecule has 0 aliphatic rings. The minimum absolute atomic E-state index is 0.0383. The summed E-state index contributed by atoms with van der Waals surface area (Å²) in [5.74, 6) is -0.0419. The third-order valence-electron chi connectivity index (χ3n) is 1.84. The number of nitrogen functional groups attached to an aromatic ring is 1. The smallest absolute Gasteiger partial charge is 0.254 e. The number of anilines is 1. The van der Waals surface area contributed by atoms with Crippen LogP contribution in [0.25, 0.3) is 0 Å². The Balaban J connectivity index is 2.92.